The first-order valence-electron chi connectivity index (χ1n) is 7.35. The highest BCUT2D eigenvalue weighted by Gasteiger charge is 2.11. The SMILES string of the molecule is COC(=O)CCNCc1cccc(CN2CCCC2)c1. The maximum atomic E-state index is 11.0. The number of likely N-dealkylation sites (tertiary alicyclic amines) is 1. The second-order valence-corrected chi connectivity index (χ2v) is 5.31. The molecule has 0 radical (unpaired) electrons. The van der Waals surface area contributed by atoms with Crippen molar-refractivity contribution in [3.8, 4) is 0 Å². The van der Waals surface area contributed by atoms with Crippen molar-refractivity contribution in [1.29, 1.82) is 0 Å². The summed E-state index contributed by atoms with van der Waals surface area (Å²) in [5, 5.41) is 3.27. The van der Waals surface area contributed by atoms with Gasteiger partial charge < -0.3 is 10.1 Å². The molecule has 20 heavy (non-hydrogen) atoms. The molecule has 1 aromatic carbocycles. The molecule has 4 nitrogen and oxygen atoms in total. The van der Waals surface area contributed by atoms with Gasteiger partial charge in [0, 0.05) is 19.6 Å². The summed E-state index contributed by atoms with van der Waals surface area (Å²) in [7, 11) is 1.42. The van der Waals surface area contributed by atoms with E-state index >= 15 is 0 Å². The average molecular weight is 276 g/mol. The standard InChI is InChI=1S/C16H24N2O2/c1-20-16(19)7-8-17-12-14-5-4-6-15(11-14)13-18-9-2-3-10-18/h4-6,11,17H,2-3,7-10,12-13H2,1H3. The Kier molecular flexibility index (Phi) is 6.02. The molecule has 0 saturated carbocycles. The Bertz CT molecular complexity index is 428. The Morgan fingerprint density at radius 1 is 1.30 bits per heavy atom. The van der Waals surface area contributed by atoms with Crippen LogP contribution in [0.4, 0.5) is 0 Å². The van der Waals surface area contributed by atoms with E-state index in [9.17, 15) is 4.79 Å². The second kappa shape index (κ2) is 8.02. The number of carbonyl (C=O) groups is 1. The fourth-order valence-corrected chi connectivity index (χ4v) is 2.56. The molecule has 1 heterocycles. The van der Waals surface area contributed by atoms with Crippen molar-refractivity contribution in [2.24, 2.45) is 0 Å². The fraction of sp³-hybridized carbons (Fsp3) is 0.562. The van der Waals surface area contributed by atoms with Crippen LogP contribution in [-0.4, -0.2) is 37.6 Å². The second-order valence-electron chi connectivity index (χ2n) is 5.31. The Morgan fingerprint density at radius 3 is 2.80 bits per heavy atom. The number of methoxy groups -OCH3 is 1. The summed E-state index contributed by atoms with van der Waals surface area (Å²) in [6.45, 7) is 4.95. The zero-order valence-corrected chi connectivity index (χ0v) is 12.2. The topological polar surface area (TPSA) is 41.6 Å². The molecule has 0 aliphatic carbocycles. The number of hydrogen-bond acceptors (Lipinski definition) is 4. The minimum atomic E-state index is -0.166. The quantitative estimate of drug-likeness (QED) is 0.610. The van der Waals surface area contributed by atoms with Crippen LogP contribution in [0.3, 0.4) is 0 Å². The Labute approximate surface area is 121 Å². The Hall–Kier alpha value is -1.39. The first kappa shape index (κ1) is 15.0. The third-order valence-corrected chi connectivity index (χ3v) is 3.66. The summed E-state index contributed by atoms with van der Waals surface area (Å²) in [4.78, 5) is 13.5. The van der Waals surface area contributed by atoms with E-state index in [4.69, 9.17) is 0 Å². The largest absolute Gasteiger partial charge is 0.469 e. The van der Waals surface area contributed by atoms with Crippen molar-refractivity contribution in [2.45, 2.75) is 32.4 Å². The maximum absolute atomic E-state index is 11.0. The van der Waals surface area contributed by atoms with E-state index in [-0.39, 0.29) is 5.97 Å². The summed E-state index contributed by atoms with van der Waals surface area (Å²) < 4.78 is 4.61. The number of ether oxygens (including phenoxy) is 1. The molecule has 110 valence electrons. The lowest BCUT2D eigenvalue weighted by Crippen LogP contribution is -2.20. The molecule has 1 aromatic rings. The van der Waals surface area contributed by atoms with Crippen molar-refractivity contribution in [3.05, 3.63) is 35.4 Å². The molecular weight excluding hydrogens is 252 g/mol. The molecule has 4 heteroatoms. The lowest BCUT2D eigenvalue weighted by molar-refractivity contribution is -0.140. The van der Waals surface area contributed by atoms with Crippen LogP contribution in [0.25, 0.3) is 0 Å². The van der Waals surface area contributed by atoms with Gasteiger partial charge in [0.2, 0.25) is 0 Å². The van der Waals surface area contributed by atoms with E-state index in [1.54, 1.807) is 0 Å². The smallest absolute Gasteiger partial charge is 0.306 e. The zero-order valence-electron chi connectivity index (χ0n) is 12.2. The minimum absolute atomic E-state index is 0.166. The summed E-state index contributed by atoms with van der Waals surface area (Å²) in [5.41, 5.74) is 2.64. The molecule has 0 bridgehead atoms. The lowest BCUT2D eigenvalue weighted by atomic mass is 10.1. The molecule has 1 aliphatic rings. The van der Waals surface area contributed by atoms with Crippen LogP contribution in [0.1, 0.15) is 30.4 Å². The molecule has 0 spiro atoms. The molecule has 1 aliphatic heterocycles. The molecule has 1 N–H and O–H groups in total. The van der Waals surface area contributed by atoms with Crippen molar-refractivity contribution in [2.75, 3.05) is 26.7 Å². The van der Waals surface area contributed by atoms with Gasteiger partial charge in [0.15, 0.2) is 0 Å². The first-order chi connectivity index (χ1) is 9.78. The van der Waals surface area contributed by atoms with Crippen molar-refractivity contribution in [3.63, 3.8) is 0 Å². The summed E-state index contributed by atoms with van der Waals surface area (Å²) in [6, 6.07) is 8.68. The highest BCUT2D eigenvalue weighted by atomic mass is 16.5. The van der Waals surface area contributed by atoms with E-state index < -0.39 is 0 Å². The number of esters is 1. The molecule has 0 unspecified atom stereocenters. The molecule has 1 saturated heterocycles. The van der Waals surface area contributed by atoms with Crippen LogP contribution in [0.5, 0.6) is 0 Å². The van der Waals surface area contributed by atoms with Gasteiger partial charge in [-0.3, -0.25) is 9.69 Å². The van der Waals surface area contributed by atoms with Crippen LogP contribution in [0, 0.1) is 0 Å². The van der Waals surface area contributed by atoms with Crippen molar-refractivity contribution in [1.82, 2.24) is 10.2 Å². The average Bonchev–Trinajstić information content (AvgIpc) is 2.96. The van der Waals surface area contributed by atoms with Crippen molar-refractivity contribution >= 4 is 5.97 Å². The van der Waals surface area contributed by atoms with E-state index in [2.05, 4.69) is 39.2 Å². The predicted octanol–water partition coefficient (Wildman–Crippen LogP) is 1.94. The molecule has 0 aromatic heterocycles. The highest BCUT2D eigenvalue weighted by Crippen LogP contribution is 2.13. The van der Waals surface area contributed by atoms with Crippen LogP contribution in [-0.2, 0) is 22.6 Å². The number of rotatable bonds is 7. The summed E-state index contributed by atoms with van der Waals surface area (Å²) >= 11 is 0. The summed E-state index contributed by atoms with van der Waals surface area (Å²) in [6.07, 6.45) is 3.08. The summed E-state index contributed by atoms with van der Waals surface area (Å²) in [5.74, 6) is -0.166. The van der Waals surface area contributed by atoms with Crippen LogP contribution in [0.15, 0.2) is 24.3 Å². The van der Waals surface area contributed by atoms with Gasteiger partial charge >= 0.3 is 5.97 Å². The van der Waals surface area contributed by atoms with E-state index in [1.165, 1.54) is 44.2 Å². The van der Waals surface area contributed by atoms with Gasteiger partial charge in [0.05, 0.1) is 13.5 Å². The normalized spacial score (nSPS) is 15.4. The van der Waals surface area contributed by atoms with Crippen molar-refractivity contribution < 1.29 is 9.53 Å². The monoisotopic (exact) mass is 276 g/mol. The van der Waals surface area contributed by atoms with E-state index in [0.29, 0.717) is 13.0 Å². The minimum Gasteiger partial charge on any atom is -0.469 e. The number of carbonyl (C=O) groups excluding carboxylic acids is 1. The van der Waals surface area contributed by atoms with Gasteiger partial charge in [0.1, 0.15) is 0 Å². The molecule has 0 atom stereocenters. The van der Waals surface area contributed by atoms with Gasteiger partial charge in [0.25, 0.3) is 0 Å². The molecule has 1 fully saturated rings. The van der Waals surface area contributed by atoms with Crippen LogP contribution < -0.4 is 5.32 Å². The highest BCUT2D eigenvalue weighted by molar-refractivity contribution is 5.69. The lowest BCUT2D eigenvalue weighted by Gasteiger charge is -2.15. The molecule has 0 amide bonds. The predicted molar refractivity (Wildman–Crippen MR) is 79.3 cm³/mol. The fourth-order valence-electron chi connectivity index (χ4n) is 2.56. The Morgan fingerprint density at radius 2 is 2.05 bits per heavy atom. The first-order valence-corrected chi connectivity index (χ1v) is 7.35. The van der Waals surface area contributed by atoms with Crippen LogP contribution >= 0.6 is 0 Å². The van der Waals surface area contributed by atoms with Gasteiger partial charge in [-0.1, -0.05) is 24.3 Å². The maximum Gasteiger partial charge on any atom is 0.306 e. The third-order valence-electron chi connectivity index (χ3n) is 3.66. The Balaban J connectivity index is 1.75. The zero-order chi connectivity index (χ0) is 14.2. The molecule has 2 rings (SSSR count). The van der Waals surface area contributed by atoms with Gasteiger partial charge in [-0.2, -0.15) is 0 Å². The number of nitrogens with one attached hydrogen (secondary N) is 1. The number of nitrogens with zero attached hydrogens (tertiary/aromatic N) is 1. The van der Waals surface area contributed by atoms with Gasteiger partial charge in [-0.25, -0.2) is 0 Å². The van der Waals surface area contributed by atoms with Gasteiger partial charge in [-0.15, -0.1) is 0 Å². The van der Waals surface area contributed by atoms with Gasteiger partial charge in [-0.05, 0) is 37.1 Å². The number of benzene rings is 1. The third kappa shape index (κ3) is 4.94. The van der Waals surface area contributed by atoms with E-state index in [0.717, 1.165) is 13.1 Å². The van der Waals surface area contributed by atoms with E-state index in [1.807, 2.05) is 0 Å². The van der Waals surface area contributed by atoms with Crippen LogP contribution in [0.2, 0.25) is 0 Å². The number of hydrogen-bond donors (Lipinski definition) is 1. The molecular formula is C16H24N2O2.